The van der Waals surface area contributed by atoms with Crippen molar-refractivity contribution in [1.82, 2.24) is 9.80 Å². The normalized spacial score (nSPS) is 17.2. The van der Waals surface area contributed by atoms with Crippen molar-refractivity contribution in [2.24, 2.45) is 0 Å². The molecule has 1 fully saturated rings. The van der Waals surface area contributed by atoms with Gasteiger partial charge in [0.15, 0.2) is 6.61 Å². The second-order valence-electron chi connectivity index (χ2n) is 6.08. The molecular formula is C20H22N2O3. The van der Waals surface area contributed by atoms with Gasteiger partial charge in [0.25, 0.3) is 5.91 Å². The summed E-state index contributed by atoms with van der Waals surface area (Å²) in [5.41, 5.74) is 1.04. The maximum atomic E-state index is 12.5. The second-order valence-corrected chi connectivity index (χ2v) is 6.08. The Morgan fingerprint density at radius 3 is 2.28 bits per heavy atom. The Labute approximate surface area is 147 Å². The largest absolute Gasteiger partial charge is 0.484 e. The Kier molecular flexibility index (Phi) is 5.33. The zero-order valence-electron chi connectivity index (χ0n) is 14.3. The van der Waals surface area contributed by atoms with Crippen molar-refractivity contribution in [2.45, 2.75) is 13.0 Å². The lowest BCUT2D eigenvalue weighted by molar-refractivity contribution is -0.143. The third-order valence-electron chi connectivity index (χ3n) is 4.43. The van der Waals surface area contributed by atoms with Crippen LogP contribution >= 0.6 is 0 Å². The average Bonchev–Trinajstić information content (AvgIpc) is 2.67. The number of para-hydroxylation sites is 1. The summed E-state index contributed by atoms with van der Waals surface area (Å²) in [7, 11) is 0. The molecule has 1 atom stereocenters. The summed E-state index contributed by atoms with van der Waals surface area (Å²) in [6.45, 7) is 3.13. The number of piperazine rings is 1. The summed E-state index contributed by atoms with van der Waals surface area (Å²) < 4.78 is 5.56. The van der Waals surface area contributed by atoms with Crippen LogP contribution in [-0.4, -0.2) is 47.9 Å². The van der Waals surface area contributed by atoms with Crippen LogP contribution in [0.3, 0.4) is 0 Å². The first-order valence-corrected chi connectivity index (χ1v) is 8.43. The third-order valence-corrected chi connectivity index (χ3v) is 4.43. The van der Waals surface area contributed by atoms with E-state index in [0.29, 0.717) is 25.4 Å². The van der Waals surface area contributed by atoms with Gasteiger partial charge in [0.2, 0.25) is 5.91 Å². The van der Waals surface area contributed by atoms with E-state index >= 15 is 0 Å². The predicted octanol–water partition coefficient (Wildman–Crippen LogP) is 2.50. The summed E-state index contributed by atoms with van der Waals surface area (Å²) in [6, 6.07) is 19.0. The number of rotatable bonds is 4. The molecule has 2 amide bonds. The van der Waals surface area contributed by atoms with Gasteiger partial charge in [0, 0.05) is 26.6 Å². The highest BCUT2D eigenvalue weighted by atomic mass is 16.5. The number of benzene rings is 2. The van der Waals surface area contributed by atoms with E-state index in [2.05, 4.69) is 0 Å². The number of hydrogen-bond donors (Lipinski definition) is 0. The Bertz CT molecular complexity index is 718. The van der Waals surface area contributed by atoms with E-state index in [4.69, 9.17) is 4.74 Å². The lowest BCUT2D eigenvalue weighted by Crippen LogP contribution is -2.52. The number of carbonyl (C=O) groups is 2. The van der Waals surface area contributed by atoms with E-state index in [1.807, 2.05) is 65.6 Å². The first-order valence-electron chi connectivity index (χ1n) is 8.43. The van der Waals surface area contributed by atoms with Gasteiger partial charge in [-0.1, -0.05) is 48.5 Å². The molecule has 0 radical (unpaired) electrons. The summed E-state index contributed by atoms with van der Waals surface area (Å²) in [6.07, 6.45) is 0. The van der Waals surface area contributed by atoms with Gasteiger partial charge in [-0.3, -0.25) is 9.59 Å². The van der Waals surface area contributed by atoms with Gasteiger partial charge in [-0.2, -0.15) is 0 Å². The van der Waals surface area contributed by atoms with E-state index in [1.54, 1.807) is 11.8 Å². The van der Waals surface area contributed by atoms with Crippen LogP contribution in [0.5, 0.6) is 5.75 Å². The van der Waals surface area contributed by atoms with E-state index in [0.717, 1.165) is 5.56 Å². The van der Waals surface area contributed by atoms with E-state index < -0.39 is 0 Å². The molecule has 130 valence electrons. The zero-order valence-corrected chi connectivity index (χ0v) is 14.3. The maximum Gasteiger partial charge on any atom is 0.260 e. The van der Waals surface area contributed by atoms with E-state index in [1.165, 1.54) is 0 Å². The van der Waals surface area contributed by atoms with Crippen molar-refractivity contribution in [1.29, 1.82) is 0 Å². The predicted molar refractivity (Wildman–Crippen MR) is 95.1 cm³/mol. The van der Waals surface area contributed by atoms with Crippen molar-refractivity contribution in [3.8, 4) is 5.75 Å². The topological polar surface area (TPSA) is 49.9 Å². The average molecular weight is 338 g/mol. The molecule has 0 unspecified atom stereocenters. The minimum atomic E-state index is -0.117. The molecule has 25 heavy (non-hydrogen) atoms. The van der Waals surface area contributed by atoms with Crippen molar-refractivity contribution < 1.29 is 14.3 Å². The van der Waals surface area contributed by atoms with Crippen LogP contribution in [0, 0.1) is 0 Å². The number of nitrogens with zero attached hydrogens (tertiary/aromatic N) is 2. The fourth-order valence-corrected chi connectivity index (χ4v) is 3.10. The summed E-state index contributed by atoms with van der Waals surface area (Å²) in [5, 5.41) is 0. The summed E-state index contributed by atoms with van der Waals surface area (Å²) in [4.78, 5) is 28.1. The van der Waals surface area contributed by atoms with Crippen LogP contribution in [0.15, 0.2) is 60.7 Å². The van der Waals surface area contributed by atoms with Gasteiger partial charge in [0.1, 0.15) is 5.75 Å². The highest BCUT2D eigenvalue weighted by Gasteiger charge is 2.32. The fraction of sp³-hybridized carbons (Fsp3) is 0.300. The lowest BCUT2D eigenvalue weighted by Gasteiger charge is -2.41. The molecule has 0 aromatic heterocycles. The quantitative estimate of drug-likeness (QED) is 0.861. The lowest BCUT2D eigenvalue weighted by atomic mass is 10.0. The van der Waals surface area contributed by atoms with Crippen molar-refractivity contribution >= 4 is 11.8 Å². The second kappa shape index (κ2) is 7.83. The van der Waals surface area contributed by atoms with Gasteiger partial charge in [-0.05, 0) is 17.7 Å². The summed E-state index contributed by atoms with van der Waals surface area (Å²) >= 11 is 0. The number of hydrogen-bond acceptors (Lipinski definition) is 3. The van der Waals surface area contributed by atoms with Gasteiger partial charge in [0.05, 0.1) is 6.04 Å². The van der Waals surface area contributed by atoms with Crippen LogP contribution in [0.1, 0.15) is 18.5 Å². The molecule has 2 aromatic carbocycles. The molecule has 1 heterocycles. The molecule has 1 aliphatic heterocycles. The minimum absolute atomic E-state index is 0.00555. The van der Waals surface area contributed by atoms with Crippen LogP contribution in [0.4, 0.5) is 0 Å². The van der Waals surface area contributed by atoms with Crippen LogP contribution in [0.2, 0.25) is 0 Å². The molecule has 0 saturated carbocycles. The zero-order chi connectivity index (χ0) is 17.6. The first-order chi connectivity index (χ1) is 12.1. The molecule has 2 aromatic rings. The molecule has 5 nitrogen and oxygen atoms in total. The van der Waals surface area contributed by atoms with Gasteiger partial charge >= 0.3 is 0 Å². The number of carbonyl (C=O) groups excluding carboxylic acids is 2. The van der Waals surface area contributed by atoms with E-state index in [9.17, 15) is 9.59 Å². The van der Waals surface area contributed by atoms with Crippen LogP contribution in [0.25, 0.3) is 0 Å². The number of amides is 2. The number of ether oxygens (including phenoxy) is 1. The first kappa shape index (κ1) is 17.0. The maximum absolute atomic E-state index is 12.5. The Balaban J connectivity index is 1.67. The Morgan fingerprint density at radius 2 is 1.64 bits per heavy atom. The van der Waals surface area contributed by atoms with Crippen molar-refractivity contribution in [3.63, 3.8) is 0 Å². The monoisotopic (exact) mass is 338 g/mol. The molecule has 0 spiro atoms. The van der Waals surface area contributed by atoms with Gasteiger partial charge < -0.3 is 14.5 Å². The molecule has 5 heteroatoms. The third kappa shape index (κ3) is 4.18. The smallest absolute Gasteiger partial charge is 0.260 e. The molecular weight excluding hydrogens is 316 g/mol. The fourth-order valence-electron chi connectivity index (χ4n) is 3.10. The van der Waals surface area contributed by atoms with Gasteiger partial charge in [-0.25, -0.2) is 0 Å². The van der Waals surface area contributed by atoms with Crippen LogP contribution in [-0.2, 0) is 9.59 Å². The Morgan fingerprint density at radius 1 is 1.00 bits per heavy atom. The van der Waals surface area contributed by atoms with Crippen molar-refractivity contribution in [2.75, 3.05) is 26.2 Å². The molecule has 1 aliphatic rings. The molecule has 3 rings (SSSR count). The molecule has 0 bridgehead atoms. The molecule has 1 saturated heterocycles. The standard InChI is InChI=1S/C20H22N2O3/c1-16(23)22-13-12-21(14-19(22)17-8-4-2-5-9-17)20(24)15-25-18-10-6-3-7-11-18/h2-11,19H,12-15H2,1H3/t19-/m1/s1. The SMILES string of the molecule is CC(=O)N1CCN(C(=O)COc2ccccc2)C[C@@H]1c1ccccc1. The summed E-state index contributed by atoms with van der Waals surface area (Å²) in [5.74, 6) is 0.646. The Hall–Kier alpha value is -2.82. The highest BCUT2D eigenvalue weighted by molar-refractivity contribution is 5.79. The van der Waals surface area contributed by atoms with E-state index in [-0.39, 0.29) is 24.5 Å². The highest BCUT2D eigenvalue weighted by Crippen LogP contribution is 2.25. The minimum Gasteiger partial charge on any atom is -0.484 e. The van der Waals surface area contributed by atoms with Crippen molar-refractivity contribution in [3.05, 3.63) is 66.2 Å². The molecule has 0 N–H and O–H groups in total. The molecule has 0 aliphatic carbocycles. The van der Waals surface area contributed by atoms with Crippen LogP contribution < -0.4 is 4.74 Å². The van der Waals surface area contributed by atoms with Gasteiger partial charge in [-0.15, -0.1) is 0 Å².